The van der Waals surface area contributed by atoms with Crippen molar-refractivity contribution in [3.8, 4) is 11.4 Å². The SMILES string of the molecule is CCN1C(C=Cc2ccc(-n3cnc(C)c3)c(OC)c2)=NOC1(C)c1ccc(F)cc1. The van der Waals surface area contributed by atoms with Crippen LogP contribution in [0.15, 0.2) is 66.2 Å². The summed E-state index contributed by atoms with van der Waals surface area (Å²) in [6.45, 7) is 6.59. The maximum atomic E-state index is 13.4. The molecule has 0 saturated carbocycles. The molecule has 6 nitrogen and oxygen atoms in total. The quantitative estimate of drug-likeness (QED) is 0.570. The molecule has 0 amide bonds. The lowest BCUT2D eigenvalue weighted by molar-refractivity contribution is -0.0886. The van der Waals surface area contributed by atoms with Gasteiger partial charge in [-0.1, -0.05) is 29.4 Å². The average molecular weight is 420 g/mol. The van der Waals surface area contributed by atoms with E-state index in [4.69, 9.17) is 9.57 Å². The smallest absolute Gasteiger partial charge is 0.234 e. The van der Waals surface area contributed by atoms with Crippen LogP contribution >= 0.6 is 0 Å². The highest BCUT2D eigenvalue weighted by Crippen LogP contribution is 2.35. The summed E-state index contributed by atoms with van der Waals surface area (Å²) in [5, 5.41) is 4.28. The standard InChI is InChI=1S/C24H25FN4O2/c1-5-29-23(27-31-24(29,3)19-8-10-20(25)11-9-19)13-7-18-6-12-21(22(14-18)30-4)28-15-17(2)26-16-28/h6-16H,5H2,1-4H3. The Kier molecular flexibility index (Phi) is 5.50. The van der Waals surface area contributed by atoms with Crippen molar-refractivity contribution in [3.63, 3.8) is 0 Å². The van der Waals surface area contributed by atoms with Gasteiger partial charge >= 0.3 is 0 Å². The van der Waals surface area contributed by atoms with Crippen molar-refractivity contribution in [2.24, 2.45) is 5.16 Å². The van der Waals surface area contributed by atoms with Crippen LogP contribution < -0.4 is 4.74 Å². The summed E-state index contributed by atoms with van der Waals surface area (Å²) >= 11 is 0. The normalized spacial score (nSPS) is 18.4. The molecule has 0 N–H and O–H groups in total. The molecular formula is C24H25FN4O2. The molecule has 1 unspecified atom stereocenters. The van der Waals surface area contributed by atoms with E-state index in [9.17, 15) is 4.39 Å². The Morgan fingerprint density at radius 3 is 2.58 bits per heavy atom. The first-order valence-corrected chi connectivity index (χ1v) is 10.1. The third-order valence-corrected chi connectivity index (χ3v) is 5.42. The van der Waals surface area contributed by atoms with E-state index in [0.717, 1.165) is 28.3 Å². The van der Waals surface area contributed by atoms with Crippen LogP contribution in [0.4, 0.5) is 4.39 Å². The number of aryl methyl sites for hydroxylation is 1. The second-order valence-electron chi connectivity index (χ2n) is 7.46. The van der Waals surface area contributed by atoms with Crippen molar-refractivity contribution in [2.45, 2.75) is 26.5 Å². The Morgan fingerprint density at radius 2 is 1.94 bits per heavy atom. The maximum absolute atomic E-state index is 13.4. The summed E-state index contributed by atoms with van der Waals surface area (Å²) < 4.78 is 20.9. The second-order valence-corrected chi connectivity index (χ2v) is 7.46. The third-order valence-electron chi connectivity index (χ3n) is 5.42. The predicted octanol–water partition coefficient (Wildman–Crippen LogP) is 4.88. The number of imidazole rings is 1. The molecule has 31 heavy (non-hydrogen) atoms. The van der Waals surface area contributed by atoms with E-state index in [1.165, 1.54) is 12.1 Å². The lowest BCUT2D eigenvalue weighted by Gasteiger charge is -2.33. The number of aromatic nitrogens is 2. The summed E-state index contributed by atoms with van der Waals surface area (Å²) in [7, 11) is 1.65. The Balaban J connectivity index is 1.57. The zero-order valence-electron chi connectivity index (χ0n) is 18.0. The van der Waals surface area contributed by atoms with Gasteiger partial charge in [0.05, 0.1) is 24.8 Å². The Morgan fingerprint density at radius 1 is 1.16 bits per heavy atom. The topological polar surface area (TPSA) is 51.9 Å². The second kappa shape index (κ2) is 8.26. The molecule has 1 aliphatic heterocycles. The third kappa shape index (κ3) is 3.91. The lowest BCUT2D eigenvalue weighted by Crippen LogP contribution is -2.43. The Hall–Kier alpha value is -3.61. The molecule has 4 rings (SSSR count). The molecule has 0 radical (unpaired) electrons. The highest BCUT2D eigenvalue weighted by Gasteiger charge is 2.41. The van der Waals surface area contributed by atoms with Crippen molar-refractivity contribution < 1.29 is 14.0 Å². The van der Waals surface area contributed by atoms with Gasteiger partial charge in [0.25, 0.3) is 0 Å². The molecule has 0 aliphatic carbocycles. The number of ether oxygens (including phenoxy) is 1. The molecule has 0 spiro atoms. The average Bonchev–Trinajstić information content (AvgIpc) is 3.35. The number of methoxy groups -OCH3 is 1. The first-order valence-electron chi connectivity index (χ1n) is 10.1. The van der Waals surface area contributed by atoms with E-state index >= 15 is 0 Å². The van der Waals surface area contributed by atoms with Gasteiger partial charge in [-0.3, -0.25) is 0 Å². The monoisotopic (exact) mass is 420 g/mol. The van der Waals surface area contributed by atoms with Crippen molar-refractivity contribution in [3.05, 3.63) is 83.7 Å². The zero-order valence-corrected chi connectivity index (χ0v) is 18.0. The van der Waals surface area contributed by atoms with E-state index in [1.807, 2.05) is 66.8 Å². The van der Waals surface area contributed by atoms with Crippen LogP contribution in [0.1, 0.15) is 30.7 Å². The number of rotatable bonds is 6. The lowest BCUT2D eigenvalue weighted by atomic mass is 10.0. The van der Waals surface area contributed by atoms with E-state index in [1.54, 1.807) is 25.6 Å². The molecule has 0 fully saturated rings. The number of hydrogen-bond donors (Lipinski definition) is 0. The van der Waals surface area contributed by atoms with Gasteiger partial charge in [0.2, 0.25) is 5.72 Å². The largest absolute Gasteiger partial charge is 0.495 e. The molecule has 1 atom stereocenters. The molecule has 3 aromatic rings. The fraction of sp³-hybridized carbons (Fsp3) is 0.250. The fourth-order valence-electron chi connectivity index (χ4n) is 3.74. The molecular weight excluding hydrogens is 395 g/mol. The number of benzene rings is 2. The van der Waals surface area contributed by atoms with Gasteiger partial charge in [-0.2, -0.15) is 0 Å². The zero-order chi connectivity index (χ0) is 22.0. The summed E-state index contributed by atoms with van der Waals surface area (Å²) in [4.78, 5) is 12.1. The predicted molar refractivity (Wildman–Crippen MR) is 119 cm³/mol. The number of halogens is 1. The first-order chi connectivity index (χ1) is 14.9. The number of nitrogens with zero attached hydrogens (tertiary/aromatic N) is 4. The van der Waals surface area contributed by atoms with Crippen LogP contribution in [0.2, 0.25) is 0 Å². The van der Waals surface area contributed by atoms with Gasteiger partial charge in [-0.15, -0.1) is 0 Å². The van der Waals surface area contributed by atoms with E-state index in [0.29, 0.717) is 12.4 Å². The van der Waals surface area contributed by atoms with E-state index in [2.05, 4.69) is 10.1 Å². The van der Waals surface area contributed by atoms with Crippen LogP contribution in [-0.4, -0.2) is 33.9 Å². The van der Waals surface area contributed by atoms with Crippen LogP contribution in [0.5, 0.6) is 5.75 Å². The van der Waals surface area contributed by atoms with Crippen LogP contribution in [0, 0.1) is 12.7 Å². The fourth-order valence-corrected chi connectivity index (χ4v) is 3.74. The van der Waals surface area contributed by atoms with Gasteiger partial charge in [0, 0.05) is 25.2 Å². The number of oxime groups is 1. The van der Waals surface area contributed by atoms with Crippen LogP contribution in [0.25, 0.3) is 11.8 Å². The van der Waals surface area contributed by atoms with Gasteiger partial charge in [-0.05, 0) is 49.8 Å². The Bertz CT molecular complexity index is 1140. The van der Waals surface area contributed by atoms with E-state index in [-0.39, 0.29) is 5.82 Å². The van der Waals surface area contributed by atoms with Gasteiger partial charge in [0.15, 0.2) is 5.84 Å². The Labute approximate surface area is 181 Å². The molecule has 0 bridgehead atoms. The molecule has 2 aromatic carbocycles. The highest BCUT2D eigenvalue weighted by molar-refractivity contribution is 5.97. The molecule has 1 aliphatic rings. The molecule has 0 saturated heterocycles. The van der Waals surface area contributed by atoms with Crippen molar-refractivity contribution >= 4 is 11.9 Å². The first kappa shape index (κ1) is 20.7. The number of amidine groups is 1. The summed E-state index contributed by atoms with van der Waals surface area (Å²) in [6.07, 6.45) is 7.59. The molecule has 7 heteroatoms. The number of likely N-dealkylation sites (N-methyl/N-ethyl adjacent to an activating group) is 1. The molecule has 1 aromatic heterocycles. The molecule has 2 heterocycles. The van der Waals surface area contributed by atoms with Gasteiger partial charge in [-0.25, -0.2) is 9.37 Å². The van der Waals surface area contributed by atoms with Crippen LogP contribution in [0.3, 0.4) is 0 Å². The summed E-state index contributed by atoms with van der Waals surface area (Å²) in [6, 6.07) is 12.3. The van der Waals surface area contributed by atoms with Gasteiger partial charge in [0.1, 0.15) is 11.6 Å². The van der Waals surface area contributed by atoms with Crippen molar-refractivity contribution in [1.29, 1.82) is 0 Å². The minimum Gasteiger partial charge on any atom is -0.495 e. The van der Waals surface area contributed by atoms with Gasteiger partial charge < -0.3 is 19.0 Å². The van der Waals surface area contributed by atoms with Crippen molar-refractivity contribution in [2.75, 3.05) is 13.7 Å². The maximum Gasteiger partial charge on any atom is 0.234 e. The van der Waals surface area contributed by atoms with E-state index < -0.39 is 5.72 Å². The summed E-state index contributed by atoms with van der Waals surface area (Å²) in [5.41, 5.74) is 2.87. The minimum atomic E-state index is -0.789. The number of hydrogen-bond acceptors (Lipinski definition) is 5. The van der Waals surface area contributed by atoms with Crippen molar-refractivity contribution in [1.82, 2.24) is 14.5 Å². The summed E-state index contributed by atoms with van der Waals surface area (Å²) in [5.74, 6) is 1.16. The minimum absolute atomic E-state index is 0.280. The highest BCUT2D eigenvalue weighted by atomic mass is 19.1. The van der Waals surface area contributed by atoms with Crippen LogP contribution in [-0.2, 0) is 10.6 Å². The molecule has 160 valence electrons.